The van der Waals surface area contributed by atoms with Crippen molar-refractivity contribution >= 4 is 32.6 Å². The topological polar surface area (TPSA) is 132 Å². The standard InChI is InChI=1S/C16H13N3O6S/c1-10-13-4-2-3-5-14(13)25-15(10)16(20)17-18-26(23,24)12-8-6-11(7-9-12)19(21)22/h2-9,18H,1H3,(H,17,20). The fourth-order valence-corrected chi connectivity index (χ4v) is 3.21. The highest BCUT2D eigenvalue weighted by Crippen LogP contribution is 2.24. The third kappa shape index (κ3) is 3.27. The Morgan fingerprint density at radius 2 is 1.77 bits per heavy atom. The number of hydrazine groups is 1. The summed E-state index contributed by atoms with van der Waals surface area (Å²) in [5.74, 6) is -0.776. The molecule has 10 heteroatoms. The van der Waals surface area contributed by atoms with Crippen molar-refractivity contribution in [2.24, 2.45) is 0 Å². The van der Waals surface area contributed by atoms with Crippen LogP contribution in [0.25, 0.3) is 11.0 Å². The summed E-state index contributed by atoms with van der Waals surface area (Å²) >= 11 is 0. The predicted molar refractivity (Wildman–Crippen MR) is 91.8 cm³/mol. The molecule has 0 unspecified atom stereocenters. The van der Waals surface area contributed by atoms with E-state index in [2.05, 4.69) is 5.43 Å². The number of benzene rings is 2. The number of aryl methyl sites for hydroxylation is 1. The van der Waals surface area contributed by atoms with Crippen LogP contribution in [0.2, 0.25) is 0 Å². The maximum absolute atomic E-state index is 12.2. The first-order valence-corrected chi connectivity index (χ1v) is 8.82. The number of furan rings is 1. The van der Waals surface area contributed by atoms with Crippen molar-refractivity contribution in [2.45, 2.75) is 11.8 Å². The van der Waals surface area contributed by atoms with Gasteiger partial charge in [0.05, 0.1) is 9.82 Å². The number of nitro benzene ring substituents is 1. The quantitative estimate of drug-likeness (QED) is 0.519. The van der Waals surface area contributed by atoms with Gasteiger partial charge in [0.1, 0.15) is 5.58 Å². The maximum atomic E-state index is 12.2. The maximum Gasteiger partial charge on any atom is 0.302 e. The van der Waals surface area contributed by atoms with Crippen LogP contribution in [0.5, 0.6) is 0 Å². The second kappa shape index (κ2) is 6.58. The molecule has 3 aromatic rings. The number of nitrogens with one attached hydrogen (secondary N) is 2. The fraction of sp³-hybridized carbons (Fsp3) is 0.0625. The normalized spacial score (nSPS) is 11.4. The Bertz CT molecular complexity index is 1100. The molecule has 1 amide bonds. The Morgan fingerprint density at radius 3 is 2.38 bits per heavy atom. The fourth-order valence-electron chi connectivity index (χ4n) is 2.37. The lowest BCUT2D eigenvalue weighted by molar-refractivity contribution is -0.384. The number of carbonyl (C=O) groups excluding carboxylic acids is 1. The minimum Gasteiger partial charge on any atom is -0.451 e. The molecule has 0 atom stereocenters. The summed E-state index contributed by atoms with van der Waals surface area (Å²) in [6.45, 7) is 1.69. The molecule has 1 aromatic heterocycles. The highest BCUT2D eigenvalue weighted by atomic mass is 32.2. The Labute approximate surface area is 147 Å². The molecule has 0 radical (unpaired) electrons. The molecule has 0 fully saturated rings. The molecule has 2 aromatic carbocycles. The van der Waals surface area contributed by atoms with Gasteiger partial charge >= 0.3 is 5.91 Å². The molecule has 0 spiro atoms. The van der Waals surface area contributed by atoms with E-state index in [9.17, 15) is 23.3 Å². The molecule has 9 nitrogen and oxygen atoms in total. The van der Waals surface area contributed by atoms with Crippen LogP contribution in [0.4, 0.5) is 5.69 Å². The molecule has 26 heavy (non-hydrogen) atoms. The highest BCUT2D eigenvalue weighted by Gasteiger charge is 2.21. The number of fused-ring (bicyclic) bond motifs is 1. The van der Waals surface area contributed by atoms with Crippen molar-refractivity contribution in [1.82, 2.24) is 10.3 Å². The van der Waals surface area contributed by atoms with Gasteiger partial charge in [-0.1, -0.05) is 18.2 Å². The molecule has 0 bridgehead atoms. The van der Waals surface area contributed by atoms with E-state index in [1.54, 1.807) is 31.2 Å². The molecular weight excluding hydrogens is 362 g/mol. The van der Waals surface area contributed by atoms with E-state index in [4.69, 9.17) is 4.42 Å². The van der Waals surface area contributed by atoms with E-state index in [1.807, 2.05) is 4.83 Å². The lowest BCUT2D eigenvalue weighted by Crippen LogP contribution is -2.41. The van der Waals surface area contributed by atoms with Gasteiger partial charge in [-0.2, -0.15) is 0 Å². The third-order valence-corrected chi connectivity index (χ3v) is 4.97. The number of para-hydroxylation sites is 1. The van der Waals surface area contributed by atoms with Crippen LogP contribution < -0.4 is 10.3 Å². The second-order valence-corrected chi connectivity index (χ2v) is 7.05. The number of amides is 1. The minimum absolute atomic E-state index is 0.0161. The van der Waals surface area contributed by atoms with E-state index < -0.39 is 20.9 Å². The third-order valence-electron chi connectivity index (χ3n) is 3.71. The Morgan fingerprint density at radius 1 is 1.12 bits per heavy atom. The van der Waals surface area contributed by atoms with Crippen molar-refractivity contribution < 1.29 is 22.6 Å². The largest absolute Gasteiger partial charge is 0.451 e. The van der Waals surface area contributed by atoms with Gasteiger partial charge in [-0.3, -0.25) is 20.3 Å². The van der Waals surface area contributed by atoms with Gasteiger partial charge < -0.3 is 4.42 Å². The summed E-state index contributed by atoms with van der Waals surface area (Å²) in [5.41, 5.74) is 2.91. The van der Waals surface area contributed by atoms with Gasteiger partial charge in [-0.15, -0.1) is 4.83 Å². The van der Waals surface area contributed by atoms with Crippen LogP contribution in [-0.4, -0.2) is 19.2 Å². The monoisotopic (exact) mass is 375 g/mol. The van der Waals surface area contributed by atoms with Gasteiger partial charge in [0.25, 0.3) is 15.7 Å². The molecule has 134 valence electrons. The minimum atomic E-state index is -4.09. The van der Waals surface area contributed by atoms with Crippen molar-refractivity contribution in [3.63, 3.8) is 0 Å². The van der Waals surface area contributed by atoms with Gasteiger partial charge in [-0.05, 0) is 25.1 Å². The number of rotatable bonds is 5. The SMILES string of the molecule is Cc1c(C(=O)NNS(=O)(=O)c2ccc([N+](=O)[O-])cc2)oc2ccccc12. The van der Waals surface area contributed by atoms with Crippen molar-refractivity contribution in [2.75, 3.05) is 0 Å². The number of hydrogen-bond donors (Lipinski definition) is 2. The number of carbonyl (C=O) groups is 1. The first-order valence-electron chi connectivity index (χ1n) is 7.34. The molecule has 0 aliphatic heterocycles. The Hall–Kier alpha value is -3.24. The number of sulfonamides is 1. The molecule has 3 rings (SSSR count). The molecule has 1 heterocycles. The van der Waals surface area contributed by atoms with Crippen LogP contribution in [0, 0.1) is 17.0 Å². The molecular formula is C16H13N3O6S. The average Bonchev–Trinajstić information content (AvgIpc) is 2.97. The highest BCUT2D eigenvalue weighted by molar-refractivity contribution is 7.89. The number of nitro groups is 1. The molecule has 0 saturated carbocycles. The van der Waals surface area contributed by atoms with Crippen LogP contribution in [0.15, 0.2) is 57.8 Å². The second-order valence-electron chi connectivity index (χ2n) is 5.36. The predicted octanol–water partition coefficient (Wildman–Crippen LogP) is 2.27. The van der Waals surface area contributed by atoms with E-state index in [-0.39, 0.29) is 16.3 Å². The summed E-state index contributed by atoms with van der Waals surface area (Å²) in [5, 5.41) is 11.4. The van der Waals surface area contributed by atoms with Gasteiger partial charge in [0.15, 0.2) is 5.76 Å². The molecule has 0 aliphatic rings. The van der Waals surface area contributed by atoms with E-state index in [1.165, 1.54) is 0 Å². The van der Waals surface area contributed by atoms with Crippen LogP contribution in [0.1, 0.15) is 16.1 Å². The number of nitrogens with zero attached hydrogens (tertiary/aromatic N) is 1. The first-order chi connectivity index (χ1) is 12.3. The summed E-state index contributed by atoms with van der Waals surface area (Å²) in [7, 11) is -4.09. The lowest BCUT2D eigenvalue weighted by Gasteiger charge is -2.07. The zero-order valence-corrected chi connectivity index (χ0v) is 14.2. The first kappa shape index (κ1) is 17.6. The Kier molecular flexibility index (Phi) is 4.45. The van der Waals surface area contributed by atoms with E-state index in [0.29, 0.717) is 11.1 Å². The van der Waals surface area contributed by atoms with Gasteiger partial charge in [-0.25, -0.2) is 8.42 Å². The van der Waals surface area contributed by atoms with Crippen molar-refractivity contribution in [3.05, 3.63) is 70.0 Å². The number of hydrogen-bond acceptors (Lipinski definition) is 6. The molecule has 2 N–H and O–H groups in total. The molecule has 0 aliphatic carbocycles. The summed E-state index contributed by atoms with van der Waals surface area (Å²) in [6, 6.07) is 11.3. The average molecular weight is 375 g/mol. The van der Waals surface area contributed by atoms with Crippen LogP contribution in [-0.2, 0) is 10.0 Å². The summed E-state index contributed by atoms with van der Waals surface area (Å²) in [4.78, 5) is 23.9. The number of non-ortho nitro benzene ring substituents is 1. The van der Waals surface area contributed by atoms with E-state index >= 15 is 0 Å². The lowest BCUT2D eigenvalue weighted by atomic mass is 10.1. The molecule has 0 saturated heterocycles. The zero-order valence-electron chi connectivity index (χ0n) is 13.4. The zero-order chi connectivity index (χ0) is 18.9. The summed E-state index contributed by atoms with van der Waals surface area (Å²) in [6.07, 6.45) is 0. The van der Waals surface area contributed by atoms with Crippen LogP contribution in [0.3, 0.4) is 0 Å². The van der Waals surface area contributed by atoms with Gasteiger partial charge in [0.2, 0.25) is 0 Å². The van der Waals surface area contributed by atoms with Crippen molar-refractivity contribution in [1.29, 1.82) is 0 Å². The van der Waals surface area contributed by atoms with Crippen molar-refractivity contribution in [3.8, 4) is 0 Å². The van der Waals surface area contributed by atoms with Gasteiger partial charge in [0, 0.05) is 23.1 Å². The Balaban J connectivity index is 1.77. The smallest absolute Gasteiger partial charge is 0.302 e. The van der Waals surface area contributed by atoms with E-state index in [0.717, 1.165) is 29.7 Å². The van der Waals surface area contributed by atoms with Crippen LogP contribution >= 0.6 is 0 Å². The summed E-state index contributed by atoms with van der Waals surface area (Å²) < 4.78 is 29.8.